The second kappa shape index (κ2) is 9.11. The molecule has 8 nitrogen and oxygen atoms in total. The number of ketones is 1. The number of imidazole rings is 1. The molecule has 0 saturated heterocycles. The van der Waals surface area contributed by atoms with Gasteiger partial charge in [-0.15, -0.1) is 0 Å². The van der Waals surface area contributed by atoms with Crippen molar-refractivity contribution in [1.29, 1.82) is 0 Å². The van der Waals surface area contributed by atoms with Crippen molar-refractivity contribution in [2.45, 2.75) is 59.7 Å². The van der Waals surface area contributed by atoms with Crippen LogP contribution in [-0.2, 0) is 11.3 Å². The first-order valence-corrected chi connectivity index (χ1v) is 9.78. The van der Waals surface area contributed by atoms with Gasteiger partial charge in [-0.1, -0.05) is 44.2 Å². The highest BCUT2D eigenvalue weighted by Gasteiger charge is 2.32. The van der Waals surface area contributed by atoms with Gasteiger partial charge >= 0.3 is 12.1 Å². The highest BCUT2D eigenvalue weighted by molar-refractivity contribution is 6.00. The minimum atomic E-state index is -1.21. The number of hydrogen-bond acceptors (Lipinski definition) is 5. The molecule has 162 valence electrons. The lowest BCUT2D eigenvalue weighted by molar-refractivity contribution is 0.0473. The lowest BCUT2D eigenvalue weighted by Gasteiger charge is -2.25. The molecule has 30 heavy (non-hydrogen) atoms. The Morgan fingerprint density at radius 2 is 1.77 bits per heavy atom. The van der Waals surface area contributed by atoms with E-state index in [1.54, 1.807) is 46.1 Å². The highest BCUT2D eigenvalue weighted by atomic mass is 16.6. The van der Waals surface area contributed by atoms with E-state index in [9.17, 15) is 19.5 Å². The number of nitrogens with zero attached hydrogens (tertiary/aromatic N) is 2. The van der Waals surface area contributed by atoms with Crippen LogP contribution in [-0.4, -0.2) is 44.1 Å². The number of amides is 1. The van der Waals surface area contributed by atoms with Gasteiger partial charge in [0, 0.05) is 6.54 Å². The van der Waals surface area contributed by atoms with Gasteiger partial charge in [0.05, 0.1) is 5.69 Å². The van der Waals surface area contributed by atoms with Crippen LogP contribution in [0.4, 0.5) is 4.79 Å². The summed E-state index contributed by atoms with van der Waals surface area (Å²) in [6, 6.07) is 8.45. The maximum atomic E-state index is 13.3. The molecule has 0 aliphatic heterocycles. The number of aromatic nitrogens is 2. The Morgan fingerprint density at radius 1 is 1.17 bits per heavy atom. The fraction of sp³-hybridized carbons (Fsp3) is 0.455. The average Bonchev–Trinajstić information content (AvgIpc) is 2.95. The number of carboxylic acid groups (broad SMARTS) is 1. The zero-order valence-corrected chi connectivity index (χ0v) is 18.2. The van der Waals surface area contributed by atoms with Crippen LogP contribution in [0, 0.1) is 12.8 Å². The SMILES string of the molecule is Cc1c(C(=O)O)nc(C(=O)[C@@H](NC(=O)OC(C)(C)C)C(C)C)n1Cc1ccccc1. The summed E-state index contributed by atoms with van der Waals surface area (Å²) in [6.45, 7) is 10.7. The summed E-state index contributed by atoms with van der Waals surface area (Å²) in [7, 11) is 0. The van der Waals surface area contributed by atoms with Crippen molar-refractivity contribution in [2.75, 3.05) is 0 Å². The van der Waals surface area contributed by atoms with Crippen LogP contribution in [0.25, 0.3) is 0 Å². The monoisotopic (exact) mass is 415 g/mol. The Bertz CT molecular complexity index is 926. The molecule has 1 heterocycles. The summed E-state index contributed by atoms with van der Waals surface area (Å²) in [5.41, 5.74) is 0.363. The van der Waals surface area contributed by atoms with E-state index < -0.39 is 29.5 Å². The van der Waals surface area contributed by atoms with Gasteiger partial charge in [-0.2, -0.15) is 0 Å². The Balaban J connectivity index is 2.43. The van der Waals surface area contributed by atoms with Gasteiger partial charge in [0.1, 0.15) is 11.6 Å². The number of rotatable bonds is 7. The number of Topliss-reactive ketones (excluding diaryl/α,β-unsaturated/α-hetero) is 1. The molecular weight excluding hydrogens is 386 g/mol. The fourth-order valence-electron chi connectivity index (χ4n) is 2.99. The molecule has 0 aliphatic rings. The third-order valence-corrected chi connectivity index (χ3v) is 4.45. The number of carboxylic acids is 1. The Morgan fingerprint density at radius 3 is 2.27 bits per heavy atom. The van der Waals surface area contributed by atoms with Crippen LogP contribution >= 0.6 is 0 Å². The largest absolute Gasteiger partial charge is 0.476 e. The van der Waals surface area contributed by atoms with Crippen LogP contribution < -0.4 is 5.32 Å². The van der Waals surface area contributed by atoms with E-state index in [0.29, 0.717) is 5.69 Å². The molecular formula is C22H29N3O5. The van der Waals surface area contributed by atoms with Gasteiger partial charge in [-0.3, -0.25) is 4.79 Å². The van der Waals surface area contributed by atoms with Gasteiger partial charge in [0.25, 0.3) is 0 Å². The maximum Gasteiger partial charge on any atom is 0.408 e. The number of hydrogen-bond donors (Lipinski definition) is 2. The van der Waals surface area contributed by atoms with Gasteiger partial charge < -0.3 is 19.7 Å². The van der Waals surface area contributed by atoms with Crippen molar-refractivity contribution >= 4 is 17.8 Å². The second-order valence-electron chi connectivity index (χ2n) is 8.48. The molecule has 1 aromatic carbocycles. The molecule has 0 spiro atoms. The number of alkyl carbamates (subject to hydrolysis) is 1. The van der Waals surface area contributed by atoms with E-state index in [4.69, 9.17) is 4.74 Å². The lowest BCUT2D eigenvalue weighted by Crippen LogP contribution is -2.47. The van der Waals surface area contributed by atoms with Crippen LogP contribution in [0.2, 0.25) is 0 Å². The van der Waals surface area contributed by atoms with E-state index in [0.717, 1.165) is 5.56 Å². The normalized spacial score (nSPS) is 12.5. The topological polar surface area (TPSA) is 111 Å². The molecule has 1 aromatic heterocycles. The first-order chi connectivity index (χ1) is 13.9. The lowest BCUT2D eigenvalue weighted by atomic mass is 9.99. The summed E-state index contributed by atoms with van der Waals surface area (Å²) < 4.78 is 6.85. The Kier molecular flexibility index (Phi) is 7.02. The molecule has 1 atom stereocenters. The summed E-state index contributed by atoms with van der Waals surface area (Å²) in [6.07, 6.45) is -0.717. The Labute approximate surface area is 176 Å². The predicted molar refractivity (Wildman–Crippen MR) is 112 cm³/mol. The van der Waals surface area contributed by atoms with Crippen molar-refractivity contribution in [3.63, 3.8) is 0 Å². The van der Waals surface area contributed by atoms with Gasteiger partial charge in [-0.25, -0.2) is 14.6 Å². The molecule has 0 bridgehead atoms. The molecule has 0 aliphatic carbocycles. The molecule has 2 rings (SSSR count). The molecule has 8 heteroatoms. The third-order valence-electron chi connectivity index (χ3n) is 4.45. The van der Waals surface area contributed by atoms with Crippen LogP contribution in [0.3, 0.4) is 0 Å². The van der Waals surface area contributed by atoms with E-state index in [2.05, 4.69) is 10.3 Å². The summed E-state index contributed by atoms with van der Waals surface area (Å²) in [5.74, 6) is -1.96. The molecule has 0 radical (unpaired) electrons. The standard InChI is InChI=1S/C22H29N3O5/c1-13(2)16(24-21(29)30-22(4,5)6)18(26)19-23-17(20(27)28)14(3)25(19)12-15-10-8-7-9-11-15/h7-11,13,16H,12H2,1-6H3,(H,24,29)(H,27,28)/t16-/m0/s1. The minimum absolute atomic E-state index is 0.0106. The highest BCUT2D eigenvalue weighted by Crippen LogP contribution is 2.19. The molecule has 2 N–H and O–H groups in total. The number of ether oxygens (including phenoxy) is 1. The van der Waals surface area contributed by atoms with Crippen LogP contribution in [0.5, 0.6) is 0 Å². The van der Waals surface area contributed by atoms with Crippen LogP contribution in [0.1, 0.15) is 67.0 Å². The zero-order valence-electron chi connectivity index (χ0n) is 18.2. The van der Waals surface area contributed by atoms with Crippen molar-refractivity contribution < 1.29 is 24.2 Å². The van der Waals surface area contributed by atoms with Crippen molar-refractivity contribution in [1.82, 2.24) is 14.9 Å². The molecule has 0 unspecified atom stereocenters. The van der Waals surface area contributed by atoms with Gasteiger partial charge in [-0.05, 0) is 39.2 Å². The van der Waals surface area contributed by atoms with Gasteiger partial charge in [0.15, 0.2) is 11.5 Å². The Hall–Kier alpha value is -3.16. The smallest absolute Gasteiger partial charge is 0.408 e. The zero-order chi connectivity index (χ0) is 22.6. The number of benzene rings is 1. The fourth-order valence-corrected chi connectivity index (χ4v) is 2.99. The average molecular weight is 415 g/mol. The molecule has 0 fully saturated rings. The van der Waals surface area contributed by atoms with Crippen LogP contribution in [0.15, 0.2) is 30.3 Å². The predicted octanol–water partition coefficient (Wildman–Crippen LogP) is 3.67. The van der Waals surface area contributed by atoms with Crippen molar-refractivity contribution in [3.05, 3.63) is 53.1 Å². The molecule has 1 amide bonds. The summed E-state index contributed by atoms with van der Waals surface area (Å²) >= 11 is 0. The molecule has 0 saturated carbocycles. The quantitative estimate of drug-likeness (QED) is 0.668. The summed E-state index contributed by atoms with van der Waals surface area (Å²) in [4.78, 5) is 41.3. The van der Waals surface area contributed by atoms with E-state index in [1.165, 1.54) is 0 Å². The summed E-state index contributed by atoms with van der Waals surface area (Å²) in [5, 5.41) is 12.1. The second-order valence-corrected chi connectivity index (χ2v) is 8.48. The minimum Gasteiger partial charge on any atom is -0.476 e. The van der Waals surface area contributed by atoms with Gasteiger partial charge in [0.2, 0.25) is 5.78 Å². The number of carbonyl (C=O) groups is 3. The van der Waals surface area contributed by atoms with E-state index in [-0.39, 0.29) is 24.0 Å². The van der Waals surface area contributed by atoms with Crippen molar-refractivity contribution in [2.24, 2.45) is 5.92 Å². The maximum absolute atomic E-state index is 13.3. The number of carbonyl (C=O) groups excluding carboxylic acids is 2. The first-order valence-electron chi connectivity index (χ1n) is 9.78. The molecule has 2 aromatic rings. The van der Waals surface area contributed by atoms with Crippen molar-refractivity contribution in [3.8, 4) is 0 Å². The van der Waals surface area contributed by atoms with E-state index >= 15 is 0 Å². The first kappa shape index (κ1) is 23.1. The number of aromatic carboxylic acids is 1. The van der Waals surface area contributed by atoms with E-state index in [1.807, 2.05) is 30.3 Å². The third kappa shape index (κ3) is 5.68. The number of nitrogens with one attached hydrogen (secondary N) is 1.